The number of anilines is 3. The van der Waals surface area contributed by atoms with Gasteiger partial charge in [-0.15, -0.1) is 0 Å². The lowest BCUT2D eigenvalue weighted by Gasteiger charge is -2.26. The highest BCUT2D eigenvalue weighted by Gasteiger charge is 2.22. The Hall–Kier alpha value is -4.54. The molecule has 3 N–H and O–H groups in total. The molecule has 0 bridgehead atoms. The summed E-state index contributed by atoms with van der Waals surface area (Å²) in [5, 5.41) is 3.60. The predicted octanol–water partition coefficient (Wildman–Crippen LogP) is 4.02. The van der Waals surface area contributed by atoms with Gasteiger partial charge in [0.1, 0.15) is 24.5 Å². The number of amides is 2. The molecule has 0 aliphatic carbocycles. The van der Waals surface area contributed by atoms with Crippen LogP contribution in [0.3, 0.4) is 0 Å². The number of nitrogens with one attached hydrogen (secondary N) is 1. The molecule has 1 aliphatic rings. The van der Waals surface area contributed by atoms with E-state index < -0.39 is 0 Å². The van der Waals surface area contributed by atoms with Crippen LogP contribution in [-0.2, 0) is 9.53 Å². The number of carbonyl (C=O) groups excluding carboxylic acids is 2. The number of morpholine rings is 1. The van der Waals surface area contributed by atoms with Crippen LogP contribution >= 0.6 is 0 Å². The summed E-state index contributed by atoms with van der Waals surface area (Å²) in [6.07, 6.45) is 0.707. The first kappa shape index (κ1) is 27.0. The first-order chi connectivity index (χ1) is 19.6. The Bertz CT molecular complexity index is 1430. The van der Waals surface area contributed by atoms with E-state index in [1.54, 1.807) is 48.5 Å². The fourth-order valence-corrected chi connectivity index (χ4v) is 4.41. The van der Waals surface area contributed by atoms with Gasteiger partial charge in [-0.25, -0.2) is 0 Å². The molecule has 2 amide bonds. The third-order valence-electron chi connectivity index (χ3n) is 6.60. The number of rotatable bonds is 12. The lowest BCUT2D eigenvalue weighted by Crippen LogP contribution is -2.38. The molecule has 0 unspecified atom stereocenters. The maximum Gasteiger partial charge on any atom is 0.255 e. The zero-order chi connectivity index (χ0) is 27.7. The van der Waals surface area contributed by atoms with E-state index in [0.717, 1.165) is 38.2 Å². The van der Waals surface area contributed by atoms with Crippen molar-refractivity contribution in [3.8, 4) is 11.5 Å². The van der Waals surface area contributed by atoms with Crippen LogP contribution < -0.4 is 25.4 Å². The summed E-state index contributed by atoms with van der Waals surface area (Å²) in [6, 6.07) is 21.4. The molecule has 10 heteroatoms. The van der Waals surface area contributed by atoms with Crippen molar-refractivity contribution >= 4 is 40.5 Å². The Kier molecular flexibility index (Phi) is 8.79. The molecule has 1 aliphatic heterocycles. The molecule has 0 saturated carbocycles. The SMILES string of the molecule is Nc1ccccc1NC(=O)c1ccc(OCCN(C=O)c2oc3ccccc3c2OCCN2CCOCC2)cc1. The fourth-order valence-electron chi connectivity index (χ4n) is 4.41. The van der Waals surface area contributed by atoms with Crippen LogP contribution in [0.1, 0.15) is 10.4 Å². The second-order valence-corrected chi connectivity index (χ2v) is 9.25. The number of furan rings is 1. The predicted molar refractivity (Wildman–Crippen MR) is 153 cm³/mol. The molecular weight excluding hydrogens is 512 g/mol. The number of ether oxygens (including phenoxy) is 3. The van der Waals surface area contributed by atoms with Gasteiger partial charge in [-0.1, -0.05) is 24.3 Å². The van der Waals surface area contributed by atoms with Crippen molar-refractivity contribution in [3.63, 3.8) is 0 Å². The number of nitrogen functional groups attached to an aromatic ring is 1. The van der Waals surface area contributed by atoms with Crippen LogP contribution in [0.25, 0.3) is 11.0 Å². The highest BCUT2D eigenvalue weighted by atomic mass is 16.5. The van der Waals surface area contributed by atoms with Gasteiger partial charge in [0.25, 0.3) is 5.91 Å². The molecule has 4 aromatic rings. The van der Waals surface area contributed by atoms with Crippen LogP contribution in [0.4, 0.5) is 17.3 Å². The molecule has 208 valence electrons. The molecule has 0 spiro atoms. The molecule has 1 fully saturated rings. The Morgan fingerprint density at radius 2 is 1.73 bits per heavy atom. The molecule has 40 heavy (non-hydrogen) atoms. The number of carbonyl (C=O) groups is 2. The average Bonchev–Trinajstić information content (AvgIpc) is 3.35. The quantitative estimate of drug-likeness (QED) is 0.203. The van der Waals surface area contributed by atoms with Crippen molar-refractivity contribution in [2.75, 3.05) is 68.6 Å². The lowest BCUT2D eigenvalue weighted by atomic mass is 10.2. The first-order valence-electron chi connectivity index (χ1n) is 13.2. The molecule has 5 rings (SSSR count). The van der Waals surface area contributed by atoms with Gasteiger partial charge >= 0.3 is 0 Å². The lowest BCUT2D eigenvalue weighted by molar-refractivity contribution is -0.107. The van der Waals surface area contributed by atoms with E-state index in [0.29, 0.717) is 52.9 Å². The molecule has 0 radical (unpaired) electrons. The summed E-state index contributed by atoms with van der Waals surface area (Å²) < 4.78 is 23.4. The van der Waals surface area contributed by atoms with Gasteiger partial charge < -0.3 is 29.7 Å². The highest BCUT2D eigenvalue weighted by Crippen LogP contribution is 2.39. The van der Waals surface area contributed by atoms with Crippen molar-refractivity contribution in [1.82, 2.24) is 4.90 Å². The second kappa shape index (κ2) is 13.0. The van der Waals surface area contributed by atoms with E-state index in [4.69, 9.17) is 24.4 Å². The van der Waals surface area contributed by atoms with E-state index in [1.165, 1.54) is 4.90 Å². The van der Waals surface area contributed by atoms with Crippen molar-refractivity contribution in [2.24, 2.45) is 0 Å². The molecule has 2 heterocycles. The highest BCUT2D eigenvalue weighted by molar-refractivity contribution is 6.05. The van der Waals surface area contributed by atoms with Gasteiger partial charge in [0, 0.05) is 25.2 Å². The Labute approximate surface area is 232 Å². The van der Waals surface area contributed by atoms with Gasteiger partial charge in [0.2, 0.25) is 12.3 Å². The number of nitrogens with two attached hydrogens (primary N) is 1. The zero-order valence-corrected chi connectivity index (χ0v) is 22.1. The summed E-state index contributed by atoms with van der Waals surface area (Å²) >= 11 is 0. The second-order valence-electron chi connectivity index (χ2n) is 9.25. The third-order valence-corrected chi connectivity index (χ3v) is 6.60. The summed E-state index contributed by atoms with van der Waals surface area (Å²) in [5.74, 6) is 1.16. The van der Waals surface area contributed by atoms with E-state index in [1.807, 2.05) is 24.3 Å². The summed E-state index contributed by atoms with van der Waals surface area (Å²) in [4.78, 5) is 28.4. The molecule has 3 aromatic carbocycles. The zero-order valence-electron chi connectivity index (χ0n) is 22.1. The molecule has 1 aromatic heterocycles. The summed E-state index contributed by atoms with van der Waals surface area (Å²) in [5.41, 5.74) is 8.05. The number of hydrogen-bond acceptors (Lipinski definition) is 8. The minimum atomic E-state index is -0.275. The molecule has 10 nitrogen and oxygen atoms in total. The normalized spacial score (nSPS) is 13.6. The summed E-state index contributed by atoms with van der Waals surface area (Å²) in [7, 11) is 0. The Morgan fingerprint density at radius 3 is 2.50 bits per heavy atom. The van der Waals surface area contributed by atoms with Gasteiger partial charge in [-0.2, -0.15) is 0 Å². The maximum absolute atomic E-state index is 12.6. The fraction of sp³-hybridized carbons (Fsp3) is 0.267. The van der Waals surface area contributed by atoms with Crippen LogP contribution in [-0.4, -0.2) is 69.8 Å². The van der Waals surface area contributed by atoms with E-state index >= 15 is 0 Å². The Morgan fingerprint density at radius 1 is 0.975 bits per heavy atom. The number of benzene rings is 3. The van der Waals surface area contributed by atoms with Crippen LogP contribution in [0.5, 0.6) is 11.5 Å². The maximum atomic E-state index is 12.6. The number of para-hydroxylation sites is 3. The minimum absolute atomic E-state index is 0.203. The standard InChI is InChI=1S/C30H32N4O6/c31-25-6-2-3-7-26(25)32-29(36)22-9-11-23(12-10-22)38-20-16-34(21-35)30-28(24-5-1-4-8-27(24)40-30)39-19-15-33-13-17-37-18-14-33/h1-12,21H,13-20,31H2,(H,32,36). The third kappa shape index (κ3) is 6.53. The van der Waals surface area contributed by atoms with E-state index in [-0.39, 0.29) is 19.1 Å². The van der Waals surface area contributed by atoms with Gasteiger partial charge in [0.05, 0.1) is 36.5 Å². The van der Waals surface area contributed by atoms with Gasteiger partial charge in [-0.05, 0) is 48.5 Å². The smallest absolute Gasteiger partial charge is 0.255 e. The largest absolute Gasteiger partial charge is 0.492 e. The first-order valence-corrected chi connectivity index (χ1v) is 13.2. The number of hydrogen-bond donors (Lipinski definition) is 2. The summed E-state index contributed by atoms with van der Waals surface area (Å²) in [6.45, 7) is 4.82. The van der Waals surface area contributed by atoms with Crippen molar-refractivity contribution in [2.45, 2.75) is 0 Å². The van der Waals surface area contributed by atoms with E-state index in [9.17, 15) is 9.59 Å². The van der Waals surface area contributed by atoms with Crippen LogP contribution in [0.15, 0.2) is 77.2 Å². The average molecular weight is 545 g/mol. The topological polar surface area (TPSA) is 120 Å². The minimum Gasteiger partial charge on any atom is -0.492 e. The van der Waals surface area contributed by atoms with Crippen molar-refractivity contribution in [3.05, 3.63) is 78.4 Å². The van der Waals surface area contributed by atoms with E-state index in [2.05, 4.69) is 10.2 Å². The molecule has 0 atom stereocenters. The van der Waals surface area contributed by atoms with Crippen LogP contribution in [0.2, 0.25) is 0 Å². The molecular formula is C30H32N4O6. The van der Waals surface area contributed by atoms with Crippen molar-refractivity contribution in [1.29, 1.82) is 0 Å². The monoisotopic (exact) mass is 544 g/mol. The Balaban J connectivity index is 1.19. The van der Waals surface area contributed by atoms with Crippen molar-refractivity contribution < 1.29 is 28.2 Å². The number of nitrogens with zero attached hydrogens (tertiary/aromatic N) is 2. The number of fused-ring (bicyclic) bond motifs is 1. The van der Waals surface area contributed by atoms with Crippen LogP contribution in [0, 0.1) is 0 Å². The van der Waals surface area contributed by atoms with Gasteiger partial charge in [-0.3, -0.25) is 19.4 Å². The van der Waals surface area contributed by atoms with Gasteiger partial charge in [0.15, 0.2) is 5.75 Å². The molecule has 1 saturated heterocycles.